The molecule has 118 valence electrons. The van der Waals surface area contributed by atoms with Gasteiger partial charge >= 0.3 is 0 Å². The molecule has 0 bridgehead atoms. The summed E-state index contributed by atoms with van der Waals surface area (Å²) in [6, 6.07) is 2.59. The molecule has 1 unspecified atom stereocenters. The van der Waals surface area contributed by atoms with Gasteiger partial charge in [0.15, 0.2) is 11.5 Å². The van der Waals surface area contributed by atoms with Crippen LogP contribution in [0.25, 0.3) is 0 Å². The molecule has 1 amide bonds. The van der Waals surface area contributed by atoms with Gasteiger partial charge in [-0.2, -0.15) is 0 Å². The molecule has 2 heterocycles. The topological polar surface area (TPSA) is 99.9 Å². The number of carbonyl (C=O) groups is 1. The van der Waals surface area contributed by atoms with E-state index in [1.165, 1.54) is 12.1 Å². The molecule has 8 nitrogen and oxygen atoms in total. The van der Waals surface area contributed by atoms with Crippen molar-refractivity contribution in [2.24, 2.45) is 0 Å². The van der Waals surface area contributed by atoms with Crippen molar-refractivity contribution in [2.45, 2.75) is 18.9 Å². The van der Waals surface area contributed by atoms with Gasteiger partial charge < -0.3 is 19.5 Å². The smallest absolute Gasteiger partial charge is 0.286 e. The summed E-state index contributed by atoms with van der Waals surface area (Å²) in [6.45, 7) is 1.70. The molecule has 0 aromatic heterocycles. The van der Waals surface area contributed by atoms with Gasteiger partial charge in [0, 0.05) is 19.2 Å². The van der Waals surface area contributed by atoms with E-state index < -0.39 is 10.8 Å². The molecule has 22 heavy (non-hydrogen) atoms. The second-order valence-electron chi connectivity index (χ2n) is 5.12. The van der Waals surface area contributed by atoms with Crippen LogP contribution in [0, 0.1) is 10.1 Å². The minimum absolute atomic E-state index is 0.0276. The monoisotopic (exact) mass is 308 g/mol. The zero-order valence-electron chi connectivity index (χ0n) is 11.9. The van der Waals surface area contributed by atoms with Crippen LogP contribution in [0.15, 0.2) is 12.1 Å². The van der Waals surface area contributed by atoms with Crippen molar-refractivity contribution in [1.29, 1.82) is 0 Å². The zero-order valence-corrected chi connectivity index (χ0v) is 11.9. The molecule has 1 aromatic carbocycles. The van der Waals surface area contributed by atoms with Crippen LogP contribution in [0.4, 0.5) is 5.69 Å². The standard InChI is InChI=1S/C14H16N2O6/c17-14(15-8-9-2-1-3-20-9)10-6-12-13(22-5-4-21-12)7-11(10)16(18)19/h6-7,9H,1-5,8H2,(H,15,17). The normalized spacial score (nSPS) is 19.7. The van der Waals surface area contributed by atoms with Gasteiger partial charge in [-0.15, -0.1) is 0 Å². The molecule has 0 radical (unpaired) electrons. The number of nitro benzene ring substituents is 1. The number of ether oxygens (including phenoxy) is 3. The number of hydrogen-bond acceptors (Lipinski definition) is 6. The van der Waals surface area contributed by atoms with Crippen molar-refractivity contribution in [1.82, 2.24) is 5.32 Å². The minimum atomic E-state index is -0.598. The van der Waals surface area contributed by atoms with Crippen LogP contribution in [-0.2, 0) is 4.74 Å². The van der Waals surface area contributed by atoms with E-state index in [9.17, 15) is 14.9 Å². The molecule has 8 heteroatoms. The van der Waals surface area contributed by atoms with E-state index in [1.54, 1.807) is 0 Å². The maximum atomic E-state index is 12.2. The second kappa shape index (κ2) is 6.18. The van der Waals surface area contributed by atoms with Gasteiger partial charge in [0.1, 0.15) is 18.8 Å². The number of amides is 1. The molecule has 2 aliphatic rings. The third-order valence-electron chi connectivity index (χ3n) is 3.62. The Hall–Kier alpha value is -2.35. The van der Waals surface area contributed by atoms with Gasteiger partial charge in [-0.05, 0) is 12.8 Å². The van der Waals surface area contributed by atoms with E-state index in [4.69, 9.17) is 14.2 Å². The lowest BCUT2D eigenvalue weighted by molar-refractivity contribution is -0.385. The quantitative estimate of drug-likeness (QED) is 0.664. The van der Waals surface area contributed by atoms with Crippen LogP contribution in [-0.4, -0.2) is 43.3 Å². The van der Waals surface area contributed by atoms with E-state index in [2.05, 4.69) is 5.32 Å². The number of fused-ring (bicyclic) bond motifs is 1. The number of nitrogens with one attached hydrogen (secondary N) is 1. The average Bonchev–Trinajstić information content (AvgIpc) is 3.04. The second-order valence-corrected chi connectivity index (χ2v) is 5.12. The Kier molecular flexibility index (Phi) is 4.10. The van der Waals surface area contributed by atoms with Crippen LogP contribution in [0.5, 0.6) is 11.5 Å². The number of benzene rings is 1. The third kappa shape index (κ3) is 2.96. The number of nitro groups is 1. The van der Waals surface area contributed by atoms with Crippen LogP contribution in [0.3, 0.4) is 0 Å². The molecule has 1 aromatic rings. The molecule has 0 aliphatic carbocycles. The van der Waals surface area contributed by atoms with Crippen molar-refractivity contribution in [3.63, 3.8) is 0 Å². The van der Waals surface area contributed by atoms with Crippen LogP contribution >= 0.6 is 0 Å². The number of hydrogen-bond donors (Lipinski definition) is 1. The highest BCUT2D eigenvalue weighted by Crippen LogP contribution is 2.36. The Balaban J connectivity index is 1.80. The zero-order chi connectivity index (χ0) is 15.5. The predicted molar refractivity (Wildman–Crippen MR) is 75.4 cm³/mol. The average molecular weight is 308 g/mol. The Morgan fingerprint density at radius 1 is 1.27 bits per heavy atom. The fraction of sp³-hybridized carbons (Fsp3) is 0.500. The first-order chi connectivity index (χ1) is 10.6. The highest BCUT2D eigenvalue weighted by molar-refractivity contribution is 5.99. The number of carbonyl (C=O) groups excluding carboxylic acids is 1. The molecule has 1 fully saturated rings. The maximum absolute atomic E-state index is 12.2. The summed E-state index contributed by atoms with van der Waals surface area (Å²) in [5.74, 6) is 0.118. The summed E-state index contributed by atoms with van der Waals surface area (Å²) in [6.07, 6.45) is 1.81. The van der Waals surface area contributed by atoms with Gasteiger partial charge in [-0.3, -0.25) is 14.9 Å². The van der Waals surface area contributed by atoms with Gasteiger partial charge in [-0.25, -0.2) is 0 Å². The summed E-state index contributed by atoms with van der Waals surface area (Å²) in [7, 11) is 0. The first kappa shape index (κ1) is 14.6. The lowest BCUT2D eigenvalue weighted by atomic mass is 10.1. The Morgan fingerprint density at radius 3 is 2.64 bits per heavy atom. The van der Waals surface area contributed by atoms with Gasteiger partial charge in [-0.1, -0.05) is 0 Å². The minimum Gasteiger partial charge on any atom is -0.486 e. The molecule has 1 N–H and O–H groups in total. The van der Waals surface area contributed by atoms with Crippen molar-refractivity contribution in [2.75, 3.05) is 26.4 Å². The van der Waals surface area contributed by atoms with E-state index in [-0.39, 0.29) is 23.1 Å². The van der Waals surface area contributed by atoms with E-state index >= 15 is 0 Å². The van der Waals surface area contributed by atoms with Crippen molar-refractivity contribution in [3.8, 4) is 11.5 Å². The fourth-order valence-electron chi connectivity index (χ4n) is 2.52. The Morgan fingerprint density at radius 2 is 2.00 bits per heavy atom. The van der Waals surface area contributed by atoms with E-state index in [1.807, 2.05) is 0 Å². The molecule has 1 atom stereocenters. The first-order valence-electron chi connectivity index (χ1n) is 7.13. The fourth-order valence-corrected chi connectivity index (χ4v) is 2.52. The highest BCUT2D eigenvalue weighted by Gasteiger charge is 2.27. The van der Waals surface area contributed by atoms with Crippen LogP contribution < -0.4 is 14.8 Å². The summed E-state index contributed by atoms with van der Waals surface area (Å²) < 4.78 is 16.1. The van der Waals surface area contributed by atoms with Crippen molar-refractivity contribution >= 4 is 11.6 Å². The van der Waals surface area contributed by atoms with E-state index in [0.29, 0.717) is 32.1 Å². The predicted octanol–water partition coefficient (Wildman–Crippen LogP) is 1.27. The number of rotatable bonds is 4. The summed E-state index contributed by atoms with van der Waals surface area (Å²) in [5.41, 5.74) is -0.332. The van der Waals surface area contributed by atoms with Crippen molar-refractivity contribution < 1.29 is 23.9 Å². The third-order valence-corrected chi connectivity index (χ3v) is 3.62. The van der Waals surface area contributed by atoms with Crippen LogP contribution in [0.2, 0.25) is 0 Å². The van der Waals surface area contributed by atoms with Crippen molar-refractivity contribution in [3.05, 3.63) is 27.8 Å². The molecular formula is C14H16N2O6. The van der Waals surface area contributed by atoms with Gasteiger partial charge in [0.2, 0.25) is 0 Å². The maximum Gasteiger partial charge on any atom is 0.286 e. The van der Waals surface area contributed by atoms with Gasteiger partial charge in [0.25, 0.3) is 11.6 Å². The molecule has 0 saturated carbocycles. The highest BCUT2D eigenvalue weighted by atomic mass is 16.6. The molecule has 0 spiro atoms. The number of nitrogens with zero attached hydrogens (tertiary/aromatic N) is 1. The SMILES string of the molecule is O=C(NCC1CCCO1)c1cc2c(cc1[N+](=O)[O-])OCCO2. The largest absolute Gasteiger partial charge is 0.486 e. The van der Waals surface area contributed by atoms with Crippen LogP contribution in [0.1, 0.15) is 23.2 Å². The Labute approximate surface area is 126 Å². The van der Waals surface area contributed by atoms with Gasteiger partial charge in [0.05, 0.1) is 17.1 Å². The lowest BCUT2D eigenvalue weighted by Crippen LogP contribution is -2.32. The molecular weight excluding hydrogens is 292 g/mol. The van der Waals surface area contributed by atoms with E-state index in [0.717, 1.165) is 12.8 Å². The first-order valence-corrected chi connectivity index (χ1v) is 7.13. The molecule has 3 rings (SSSR count). The Bertz CT molecular complexity index is 597. The summed E-state index contributed by atoms with van der Waals surface area (Å²) in [5, 5.41) is 13.9. The summed E-state index contributed by atoms with van der Waals surface area (Å²) in [4.78, 5) is 22.8. The molecule has 1 saturated heterocycles. The summed E-state index contributed by atoms with van der Waals surface area (Å²) >= 11 is 0. The lowest BCUT2D eigenvalue weighted by Gasteiger charge is -2.19. The molecule has 2 aliphatic heterocycles.